The highest BCUT2D eigenvalue weighted by Gasteiger charge is 2.23. The lowest BCUT2D eigenvalue weighted by atomic mass is 9.98. The Hall–Kier alpha value is -1.13. The quantitative estimate of drug-likeness (QED) is 0.166. The van der Waals surface area contributed by atoms with Gasteiger partial charge in [0.2, 0.25) is 0 Å². The Morgan fingerprint density at radius 3 is 2.76 bits per heavy atom. The molecular weight excluding hydrogens is 592 g/mol. The van der Waals surface area contributed by atoms with Crippen LogP contribution in [0.3, 0.4) is 0 Å². The summed E-state index contributed by atoms with van der Waals surface area (Å²) in [5.74, 6) is 1.16. The average Bonchev–Trinajstić information content (AvgIpc) is 3.13. The van der Waals surface area contributed by atoms with Crippen LogP contribution >= 0.6 is 45.2 Å². The number of fused-ring (bicyclic) bond motifs is 1. The Kier molecular flexibility index (Phi) is 6.14. The van der Waals surface area contributed by atoms with Crippen molar-refractivity contribution in [1.82, 2.24) is 5.32 Å². The zero-order valence-electron chi connectivity index (χ0n) is 21.0. The lowest BCUT2D eigenvalue weighted by molar-refractivity contribution is 0.103. The fourth-order valence-corrected chi connectivity index (χ4v) is 5.18. The molecule has 0 aliphatic carbocycles. The van der Waals surface area contributed by atoms with E-state index in [1.165, 1.54) is 0 Å². The zero-order chi connectivity index (χ0) is 25.1. The summed E-state index contributed by atoms with van der Waals surface area (Å²) in [5, 5.41) is 3.18. The predicted molar refractivity (Wildman–Crippen MR) is 134 cm³/mol. The number of aryl methyl sites for hydroxylation is 1. The van der Waals surface area contributed by atoms with E-state index in [2.05, 4.69) is 57.4 Å². The Morgan fingerprint density at radius 1 is 1.28 bits per heavy atom. The van der Waals surface area contributed by atoms with E-state index in [-0.39, 0.29) is 18.9 Å². The second-order valence-corrected chi connectivity index (χ2v) is 8.82. The molecule has 3 rings (SSSR count). The van der Waals surface area contributed by atoms with Gasteiger partial charge in [-0.25, -0.2) is 0 Å². The fourth-order valence-electron chi connectivity index (χ4n) is 3.10. The van der Waals surface area contributed by atoms with Crippen LogP contribution in [0, 0.1) is 7.14 Å². The lowest BCUT2D eigenvalue weighted by Crippen LogP contribution is -2.20. The molecule has 1 N–H and O–H groups in total. The van der Waals surface area contributed by atoms with Crippen molar-refractivity contribution in [2.75, 3.05) is 19.6 Å². The van der Waals surface area contributed by atoms with E-state index in [1.807, 2.05) is 24.3 Å². The van der Waals surface area contributed by atoms with Crippen LogP contribution < -0.4 is 10.1 Å². The van der Waals surface area contributed by atoms with E-state index in [9.17, 15) is 4.79 Å². The SMILES string of the molecule is [2H]C([2H])([2H])C([2H])([2H])NCCOc1c(I)cc(C(=O)c2c(CCCC)oc3ccccc23)cc1I. The molecule has 1 heterocycles. The van der Waals surface area contributed by atoms with E-state index in [0.29, 0.717) is 34.6 Å². The van der Waals surface area contributed by atoms with Gasteiger partial charge in [-0.15, -0.1) is 0 Å². The molecule has 1 aromatic heterocycles. The van der Waals surface area contributed by atoms with Crippen molar-refractivity contribution in [2.45, 2.75) is 33.0 Å². The van der Waals surface area contributed by atoms with E-state index >= 15 is 0 Å². The van der Waals surface area contributed by atoms with Gasteiger partial charge in [-0.3, -0.25) is 4.79 Å². The molecule has 0 saturated carbocycles. The lowest BCUT2D eigenvalue weighted by Gasteiger charge is -2.12. The Bertz CT molecular complexity index is 1150. The number of ether oxygens (including phenoxy) is 1. The number of carbonyl (C=O) groups excluding carboxylic acids is 1. The van der Waals surface area contributed by atoms with E-state index in [0.717, 1.165) is 25.4 Å². The molecule has 2 aromatic carbocycles. The van der Waals surface area contributed by atoms with Crippen molar-refractivity contribution in [3.05, 3.63) is 60.4 Å². The Morgan fingerprint density at radius 2 is 2.03 bits per heavy atom. The molecule has 4 nitrogen and oxygen atoms in total. The molecule has 3 aromatic rings. The van der Waals surface area contributed by atoms with Gasteiger partial charge in [-0.05, 0) is 76.3 Å². The molecule has 154 valence electrons. The maximum atomic E-state index is 13.6. The van der Waals surface area contributed by atoms with Gasteiger partial charge in [0.15, 0.2) is 5.78 Å². The highest BCUT2D eigenvalue weighted by molar-refractivity contribution is 14.1. The van der Waals surface area contributed by atoms with E-state index in [1.54, 1.807) is 12.1 Å². The molecule has 29 heavy (non-hydrogen) atoms. The van der Waals surface area contributed by atoms with Crippen molar-refractivity contribution >= 4 is 61.9 Å². The topological polar surface area (TPSA) is 51.5 Å². The number of nitrogens with one attached hydrogen (secondary N) is 1. The number of halogens is 2. The van der Waals surface area contributed by atoms with Crippen molar-refractivity contribution in [1.29, 1.82) is 0 Å². The number of hydrogen-bond acceptors (Lipinski definition) is 4. The van der Waals surface area contributed by atoms with Gasteiger partial charge in [-0.1, -0.05) is 38.4 Å². The van der Waals surface area contributed by atoms with E-state index in [4.69, 9.17) is 16.0 Å². The van der Waals surface area contributed by atoms with Crippen LogP contribution in [-0.4, -0.2) is 25.4 Å². The first-order chi connectivity index (χ1) is 16.0. The largest absolute Gasteiger partial charge is 0.490 e. The highest BCUT2D eigenvalue weighted by Crippen LogP contribution is 2.33. The minimum absolute atomic E-state index is 0.0139. The number of rotatable bonds is 10. The second-order valence-electron chi connectivity index (χ2n) is 6.50. The number of hydrogen-bond donors (Lipinski definition) is 1. The van der Waals surface area contributed by atoms with Gasteiger partial charge in [0.1, 0.15) is 23.7 Å². The molecule has 0 bridgehead atoms. The van der Waals surface area contributed by atoms with Crippen LogP contribution in [0.15, 0.2) is 40.8 Å². The minimum atomic E-state index is -2.77. The molecule has 6 heteroatoms. The molecule has 0 amide bonds. The third-order valence-electron chi connectivity index (χ3n) is 4.48. The minimum Gasteiger partial charge on any atom is -0.490 e. The van der Waals surface area contributed by atoms with Crippen molar-refractivity contribution < 1.29 is 20.8 Å². The van der Waals surface area contributed by atoms with Crippen LogP contribution in [-0.2, 0) is 6.42 Å². The van der Waals surface area contributed by atoms with Gasteiger partial charge in [0.25, 0.3) is 0 Å². The van der Waals surface area contributed by atoms with Gasteiger partial charge < -0.3 is 14.5 Å². The smallest absolute Gasteiger partial charge is 0.197 e. The van der Waals surface area contributed by atoms with Crippen molar-refractivity contribution in [3.63, 3.8) is 0 Å². The number of furan rings is 1. The number of unbranched alkanes of at least 4 members (excludes halogenated alkanes) is 1. The van der Waals surface area contributed by atoms with Crippen LogP contribution in [0.1, 0.15) is 55.2 Å². The molecule has 0 atom stereocenters. The van der Waals surface area contributed by atoms with Gasteiger partial charge >= 0.3 is 0 Å². The van der Waals surface area contributed by atoms with Gasteiger partial charge in [0, 0.05) is 30.8 Å². The Balaban J connectivity index is 1.81. The summed E-state index contributed by atoms with van der Waals surface area (Å²) < 4.78 is 50.2. The Labute approximate surface area is 206 Å². The molecule has 0 radical (unpaired) electrons. The van der Waals surface area contributed by atoms with Crippen LogP contribution in [0.2, 0.25) is 0 Å². The summed E-state index contributed by atoms with van der Waals surface area (Å²) in [5.41, 5.74) is 1.83. The first kappa shape index (κ1) is 16.5. The van der Waals surface area contributed by atoms with Crippen LogP contribution in [0.5, 0.6) is 5.75 Å². The highest BCUT2D eigenvalue weighted by atomic mass is 127. The zero-order valence-corrected chi connectivity index (χ0v) is 20.3. The summed E-state index contributed by atoms with van der Waals surface area (Å²) in [6.45, 7) is -3.09. The average molecular weight is 622 g/mol. The summed E-state index contributed by atoms with van der Waals surface area (Å²) in [6, 6.07) is 11.1. The first-order valence-electron chi connectivity index (χ1n) is 11.9. The van der Waals surface area contributed by atoms with Crippen molar-refractivity contribution in [2.24, 2.45) is 0 Å². The number of benzene rings is 2. The maximum absolute atomic E-state index is 13.6. The molecule has 0 fully saturated rings. The standard InChI is InChI=1S/C23H25I2NO3/c1-3-5-9-20-21(16-8-6-7-10-19(16)29-20)22(27)15-13-17(24)23(18(25)14-15)28-12-11-26-4-2/h6-8,10,13-14,26H,3-5,9,11-12H2,1-2H3/i2D3,4D2. The molecule has 0 aliphatic heterocycles. The number of carbonyl (C=O) groups is 1. The molecule has 0 spiro atoms. The van der Waals surface area contributed by atoms with Gasteiger partial charge in [0.05, 0.1) is 12.7 Å². The third kappa shape index (κ3) is 5.32. The maximum Gasteiger partial charge on any atom is 0.197 e. The predicted octanol–water partition coefficient (Wildman–Crippen LogP) is 6.20. The monoisotopic (exact) mass is 622 g/mol. The molecular formula is C23H25I2NO3. The third-order valence-corrected chi connectivity index (χ3v) is 6.08. The summed E-state index contributed by atoms with van der Waals surface area (Å²) >= 11 is 4.21. The normalized spacial score (nSPS) is 14.7. The van der Waals surface area contributed by atoms with Crippen molar-refractivity contribution in [3.8, 4) is 5.75 Å². The van der Waals surface area contributed by atoms with Crippen LogP contribution in [0.25, 0.3) is 11.0 Å². The second kappa shape index (κ2) is 10.8. The summed E-state index contributed by atoms with van der Waals surface area (Å²) in [4.78, 5) is 13.6. The molecule has 0 unspecified atom stereocenters. The van der Waals surface area contributed by atoms with Gasteiger partial charge in [-0.2, -0.15) is 0 Å². The number of likely N-dealkylation sites (N-methyl/N-ethyl adjacent to an activating group) is 1. The fraction of sp³-hybridized carbons (Fsp3) is 0.348. The number of ketones is 1. The molecule has 0 saturated heterocycles. The first-order valence-corrected chi connectivity index (χ1v) is 11.5. The molecule has 0 aliphatic rings. The number of para-hydroxylation sites is 1. The van der Waals surface area contributed by atoms with E-state index < -0.39 is 13.3 Å². The summed E-state index contributed by atoms with van der Waals surface area (Å²) in [7, 11) is 0. The van der Waals surface area contributed by atoms with Crippen LogP contribution in [0.4, 0.5) is 0 Å². The summed E-state index contributed by atoms with van der Waals surface area (Å²) in [6.07, 6.45) is 2.61.